The molecule has 0 aromatic heterocycles. The molecule has 19 heavy (non-hydrogen) atoms. The topological polar surface area (TPSA) is 23.5 Å². The number of benzene rings is 1. The highest BCUT2D eigenvalue weighted by Gasteiger charge is 2.12. The Labute approximate surface area is 115 Å². The molecule has 1 aromatic carbocycles. The Balaban J connectivity index is 2.80. The minimum atomic E-state index is -0.234. The first kappa shape index (κ1) is 15.7. The number of aliphatic hydroxyl groups is 1. The fourth-order valence-corrected chi connectivity index (χ4v) is 2.20. The molecule has 0 aliphatic rings. The molecule has 0 unspecified atom stereocenters. The molecule has 3 heteroatoms. The molecule has 0 atom stereocenters. The van der Waals surface area contributed by atoms with Crippen LogP contribution in [-0.4, -0.2) is 29.7 Å². The van der Waals surface area contributed by atoms with Gasteiger partial charge in [0.1, 0.15) is 12.4 Å². The van der Waals surface area contributed by atoms with Crippen molar-refractivity contribution in [2.45, 2.75) is 39.3 Å². The molecule has 104 valence electrons. The second-order valence-corrected chi connectivity index (χ2v) is 4.65. The summed E-state index contributed by atoms with van der Waals surface area (Å²) in [6.45, 7) is 4.69. The largest absolute Gasteiger partial charge is 0.384 e. The van der Waals surface area contributed by atoms with Gasteiger partial charge in [-0.05, 0) is 32.0 Å². The van der Waals surface area contributed by atoms with Crippen LogP contribution in [0.2, 0.25) is 0 Å². The number of aliphatic hydroxyl groups excluding tert-OH is 1. The normalized spacial score (nSPS) is 10.7. The number of rotatable bonds is 5. The van der Waals surface area contributed by atoms with Crippen molar-refractivity contribution >= 4 is 0 Å². The number of hydrogen-bond donors (Lipinski definition) is 1. The van der Waals surface area contributed by atoms with Crippen LogP contribution in [0.1, 0.15) is 37.8 Å². The molecule has 0 fully saturated rings. The molecular formula is C16H22FNO. The zero-order valence-electron chi connectivity index (χ0n) is 11.9. The lowest BCUT2D eigenvalue weighted by Crippen LogP contribution is -2.30. The lowest BCUT2D eigenvalue weighted by atomic mass is 10.1. The van der Waals surface area contributed by atoms with E-state index in [1.807, 2.05) is 7.05 Å². The molecule has 0 spiro atoms. The van der Waals surface area contributed by atoms with E-state index >= 15 is 0 Å². The lowest BCUT2D eigenvalue weighted by molar-refractivity contribution is 0.219. The van der Waals surface area contributed by atoms with Gasteiger partial charge in [0.25, 0.3) is 0 Å². The summed E-state index contributed by atoms with van der Waals surface area (Å²) in [5.74, 6) is 4.99. The smallest absolute Gasteiger partial charge is 0.128 e. The van der Waals surface area contributed by atoms with Gasteiger partial charge in [0.05, 0.1) is 0 Å². The fourth-order valence-electron chi connectivity index (χ4n) is 2.20. The summed E-state index contributed by atoms with van der Waals surface area (Å²) in [6.07, 6.45) is 2.13. The van der Waals surface area contributed by atoms with Crippen molar-refractivity contribution in [3.8, 4) is 11.8 Å². The Morgan fingerprint density at radius 3 is 2.53 bits per heavy atom. The molecule has 1 aromatic rings. The first-order valence-electron chi connectivity index (χ1n) is 6.70. The molecule has 1 rings (SSSR count). The van der Waals surface area contributed by atoms with Crippen molar-refractivity contribution in [1.82, 2.24) is 4.90 Å². The van der Waals surface area contributed by atoms with Crippen LogP contribution in [0.5, 0.6) is 0 Å². The highest BCUT2D eigenvalue weighted by atomic mass is 19.1. The maximum atomic E-state index is 14.0. The van der Waals surface area contributed by atoms with Crippen LogP contribution in [0.15, 0.2) is 18.2 Å². The third kappa shape index (κ3) is 4.66. The lowest BCUT2D eigenvalue weighted by Gasteiger charge is -2.26. The molecule has 2 nitrogen and oxygen atoms in total. The third-order valence-electron chi connectivity index (χ3n) is 3.35. The van der Waals surface area contributed by atoms with E-state index in [1.54, 1.807) is 12.1 Å². The van der Waals surface area contributed by atoms with E-state index in [4.69, 9.17) is 5.11 Å². The van der Waals surface area contributed by atoms with Crippen molar-refractivity contribution in [2.75, 3.05) is 13.7 Å². The molecule has 0 saturated carbocycles. The van der Waals surface area contributed by atoms with Gasteiger partial charge < -0.3 is 5.11 Å². The highest BCUT2D eigenvalue weighted by Crippen LogP contribution is 2.15. The first-order chi connectivity index (χ1) is 9.12. The van der Waals surface area contributed by atoms with Crippen molar-refractivity contribution in [3.05, 3.63) is 35.1 Å². The molecule has 0 heterocycles. The quantitative estimate of drug-likeness (QED) is 0.826. The number of hydrogen-bond acceptors (Lipinski definition) is 2. The molecule has 0 saturated heterocycles. The van der Waals surface area contributed by atoms with Gasteiger partial charge in [-0.2, -0.15) is 0 Å². The van der Waals surface area contributed by atoms with Crippen LogP contribution in [0.25, 0.3) is 0 Å². The van der Waals surface area contributed by atoms with Crippen LogP contribution in [0.3, 0.4) is 0 Å². The van der Waals surface area contributed by atoms with E-state index in [2.05, 4.69) is 30.6 Å². The van der Waals surface area contributed by atoms with Gasteiger partial charge in [0.15, 0.2) is 0 Å². The number of halogens is 1. The van der Waals surface area contributed by atoms with Gasteiger partial charge in [0, 0.05) is 23.7 Å². The molecule has 0 radical (unpaired) electrons. The molecule has 1 N–H and O–H groups in total. The van der Waals surface area contributed by atoms with E-state index < -0.39 is 0 Å². The van der Waals surface area contributed by atoms with Gasteiger partial charge in [-0.1, -0.05) is 31.8 Å². The minimum Gasteiger partial charge on any atom is -0.384 e. The average molecular weight is 263 g/mol. The summed E-state index contributed by atoms with van der Waals surface area (Å²) in [5.41, 5.74) is 1.28. The van der Waals surface area contributed by atoms with Crippen molar-refractivity contribution in [3.63, 3.8) is 0 Å². The van der Waals surface area contributed by atoms with Crippen LogP contribution in [0.4, 0.5) is 4.39 Å². The monoisotopic (exact) mass is 263 g/mol. The Hall–Kier alpha value is -1.37. The molecule has 0 amide bonds. The standard InChI is InChI=1S/C16H22FNO/c1-4-15(5-2)18(3)12-14-9-8-13(7-6-10-19)11-16(14)17/h8-9,11,15,19H,4-5,10,12H2,1-3H3. The molecular weight excluding hydrogens is 241 g/mol. The maximum Gasteiger partial charge on any atom is 0.128 e. The Morgan fingerprint density at radius 1 is 1.32 bits per heavy atom. The summed E-state index contributed by atoms with van der Waals surface area (Å²) in [7, 11) is 2.02. The first-order valence-corrected chi connectivity index (χ1v) is 6.70. The van der Waals surface area contributed by atoms with E-state index in [-0.39, 0.29) is 12.4 Å². The van der Waals surface area contributed by atoms with E-state index in [9.17, 15) is 4.39 Å². The van der Waals surface area contributed by atoms with Gasteiger partial charge >= 0.3 is 0 Å². The Bertz CT molecular complexity index is 458. The van der Waals surface area contributed by atoms with Gasteiger partial charge in [-0.3, -0.25) is 4.90 Å². The maximum absolute atomic E-state index is 14.0. The summed E-state index contributed by atoms with van der Waals surface area (Å²) >= 11 is 0. The second-order valence-electron chi connectivity index (χ2n) is 4.65. The summed E-state index contributed by atoms with van der Waals surface area (Å²) in [4.78, 5) is 2.18. The van der Waals surface area contributed by atoms with Crippen molar-refractivity contribution in [2.24, 2.45) is 0 Å². The van der Waals surface area contributed by atoms with Crippen LogP contribution in [-0.2, 0) is 6.54 Å². The van der Waals surface area contributed by atoms with E-state index in [0.717, 1.165) is 12.8 Å². The highest BCUT2D eigenvalue weighted by molar-refractivity contribution is 5.37. The SMILES string of the molecule is CCC(CC)N(C)Cc1ccc(C#CCO)cc1F. The molecule has 0 aliphatic heterocycles. The second kappa shape index (κ2) is 7.93. The fraction of sp³-hybridized carbons (Fsp3) is 0.500. The Morgan fingerprint density at radius 2 is 2.00 bits per heavy atom. The van der Waals surface area contributed by atoms with Crippen molar-refractivity contribution in [1.29, 1.82) is 0 Å². The zero-order valence-corrected chi connectivity index (χ0v) is 11.9. The zero-order chi connectivity index (χ0) is 14.3. The van der Waals surface area contributed by atoms with Gasteiger partial charge in [0.2, 0.25) is 0 Å². The average Bonchev–Trinajstić information content (AvgIpc) is 2.40. The van der Waals surface area contributed by atoms with Crippen LogP contribution >= 0.6 is 0 Å². The summed E-state index contributed by atoms with van der Waals surface area (Å²) in [5, 5.41) is 8.61. The Kier molecular flexibility index (Phi) is 6.55. The van der Waals surface area contributed by atoms with Gasteiger partial charge in [-0.15, -0.1) is 0 Å². The number of nitrogens with zero attached hydrogens (tertiary/aromatic N) is 1. The van der Waals surface area contributed by atoms with Gasteiger partial charge in [-0.25, -0.2) is 4.39 Å². The third-order valence-corrected chi connectivity index (χ3v) is 3.35. The summed E-state index contributed by atoms with van der Waals surface area (Å²) < 4.78 is 14.0. The predicted molar refractivity (Wildman–Crippen MR) is 76.2 cm³/mol. The minimum absolute atomic E-state index is 0.208. The van der Waals surface area contributed by atoms with Crippen molar-refractivity contribution < 1.29 is 9.50 Å². The summed E-state index contributed by atoms with van der Waals surface area (Å²) in [6, 6.07) is 5.48. The molecule has 0 bridgehead atoms. The van der Waals surface area contributed by atoms with Crippen LogP contribution in [0, 0.1) is 17.7 Å². The van der Waals surface area contributed by atoms with E-state index in [0.29, 0.717) is 23.7 Å². The van der Waals surface area contributed by atoms with Crippen LogP contribution < -0.4 is 0 Å². The molecule has 0 aliphatic carbocycles. The predicted octanol–water partition coefficient (Wildman–Crippen LogP) is 2.79. The van der Waals surface area contributed by atoms with E-state index in [1.165, 1.54) is 6.07 Å².